The lowest BCUT2D eigenvalue weighted by atomic mass is 9.96. The molecule has 3 aliphatic rings. The molecule has 5 nitrogen and oxygen atoms in total. The molecule has 1 aromatic rings. The summed E-state index contributed by atoms with van der Waals surface area (Å²) in [5.41, 5.74) is 1.16. The largest absolute Gasteiger partial charge is 0.381 e. The predicted octanol–water partition coefficient (Wildman–Crippen LogP) is 2.52. The Kier molecular flexibility index (Phi) is 6.16. The third kappa shape index (κ3) is 4.84. The first-order chi connectivity index (χ1) is 13.7. The van der Waals surface area contributed by atoms with Gasteiger partial charge in [-0.1, -0.05) is 12.1 Å². The minimum atomic E-state index is -0.151. The summed E-state index contributed by atoms with van der Waals surface area (Å²) < 4.78 is 19.1. The second-order valence-corrected chi connectivity index (χ2v) is 8.67. The maximum absolute atomic E-state index is 13.6. The van der Waals surface area contributed by atoms with E-state index in [1.807, 2.05) is 19.2 Å². The molecular weight excluding hydrogens is 355 g/mol. The summed E-state index contributed by atoms with van der Waals surface area (Å²) in [5, 5.41) is 7.09. The van der Waals surface area contributed by atoms with E-state index >= 15 is 0 Å². The number of ether oxygens (including phenoxy) is 1. The molecule has 1 saturated carbocycles. The molecule has 0 radical (unpaired) electrons. The second-order valence-electron chi connectivity index (χ2n) is 8.67. The first kappa shape index (κ1) is 19.6. The number of hydrogen-bond donors (Lipinski definition) is 2. The third-order valence-electron chi connectivity index (χ3n) is 6.58. The predicted molar refractivity (Wildman–Crippen MR) is 110 cm³/mol. The number of nitrogens with one attached hydrogen (secondary N) is 2. The molecule has 0 aromatic heterocycles. The molecule has 2 N–H and O–H groups in total. The van der Waals surface area contributed by atoms with Crippen LogP contribution in [0.4, 0.5) is 4.39 Å². The molecule has 0 bridgehead atoms. The molecule has 4 rings (SSSR count). The summed E-state index contributed by atoms with van der Waals surface area (Å²) in [6.45, 7) is 6.12. The standard InChI is InChI=1S/C22H33FN4O/c1-24-21(25-16-22(8-9-22)18-3-2-4-19(23)13-18)26-20-5-10-27(11-6-20)14-17-7-12-28-15-17/h2-4,13,17,20H,5-12,14-16H2,1H3,(H2,24,25,26). The van der Waals surface area contributed by atoms with Gasteiger partial charge in [-0.3, -0.25) is 4.99 Å². The Morgan fingerprint density at radius 1 is 1.29 bits per heavy atom. The van der Waals surface area contributed by atoms with Crippen molar-refractivity contribution >= 4 is 5.96 Å². The number of benzene rings is 1. The van der Waals surface area contributed by atoms with Crippen LogP contribution in [0.5, 0.6) is 0 Å². The molecule has 1 aromatic carbocycles. The van der Waals surface area contributed by atoms with Gasteiger partial charge in [-0.25, -0.2) is 4.39 Å². The van der Waals surface area contributed by atoms with Gasteiger partial charge in [0.2, 0.25) is 0 Å². The van der Waals surface area contributed by atoms with E-state index in [0.717, 1.165) is 76.0 Å². The Morgan fingerprint density at radius 3 is 2.75 bits per heavy atom. The van der Waals surface area contributed by atoms with Crippen LogP contribution in [0.25, 0.3) is 0 Å². The third-order valence-corrected chi connectivity index (χ3v) is 6.58. The number of hydrogen-bond acceptors (Lipinski definition) is 3. The normalized spacial score (nSPS) is 25.6. The minimum Gasteiger partial charge on any atom is -0.381 e. The van der Waals surface area contributed by atoms with Crippen molar-refractivity contribution in [1.82, 2.24) is 15.5 Å². The van der Waals surface area contributed by atoms with E-state index in [-0.39, 0.29) is 11.2 Å². The highest BCUT2D eigenvalue weighted by atomic mass is 19.1. The molecule has 2 saturated heterocycles. The maximum atomic E-state index is 13.6. The lowest BCUT2D eigenvalue weighted by Crippen LogP contribution is -2.50. The first-order valence-corrected chi connectivity index (χ1v) is 10.7. The van der Waals surface area contributed by atoms with Crippen molar-refractivity contribution < 1.29 is 9.13 Å². The Morgan fingerprint density at radius 2 is 2.11 bits per heavy atom. The van der Waals surface area contributed by atoms with E-state index in [2.05, 4.69) is 20.5 Å². The molecule has 2 aliphatic heterocycles. The van der Waals surface area contributed by atoms with Crippen LogP contribution >= 0.6 is 0 Å². The fourth-order valence-corrected chi connectivity index (χ4v) is 4.53. The summed E-state index contributed by atoms with van der Waals surface area (Å²) in [7, 11) is 1.83. The lowest BCUT2D eigenvalue weighted by Gasteiger charge is -2.34. The smallest absolute Gasteiger partial charge is 0.191 e. The van der Waals surface area contributed by atoms with Gasteiger partial charge in [0.1, 0.15) is 5.82 Å². The zero-order valence-corrected chi connectivity index (χ0v) is 16.9. The van der Waals surface area contributed by atoms with Crippen molar-refractivity contribution in [2.45, 2.75) is 43.6 Å². The van der Waals surface area contributed by atoms with Crippen molar-refractivity contribution in [2.24, 2.45) is 10.9 Å². The average molecular weight is 389 g/mol. The van der Waals surface area contributed by atoms with Gasteiger partial charge >= 0.3 is 0 Å². The van der Waals surface area contributed by atoms with Crippen LogP contribution in [-0.2, 0) is 10.2 Å². The molecule has 0 amide bonds. The zero-order chi connectivity index (χ0) is 19.4. The van der Waals surface area contributed by atoms with Crippen molar-refractivity contribution in [3.05, 3.63) is 35.6 Å². The van der Waals surface area contributed by atoms with Crippen LogP contribution < -0.4 is 10.6 Å². The molecule has 1 aliphatic carbocycles. The number of rotatable bonds is 6. The van der Waals surface area contributed by atoms with Gasteiger partial charge in [0, 0.05) is 51.3 Å². The highest BCUT2D eigenvalue weighted by Gasteiger charge is 2.44. The topological polar surface area (TPSA) is 48.9 Å². The van der Waals surface area contributed by atoms with Gasteiger partial charge in [0.05, 0.1) is 6.61 Å². The molecule has 2 heterocycles. The van der Waals surface area contributed by atoms with Crippen LogP contribution in [0.2, 0.25) is 0 Å². The Bertz CT molecular complexity index is 677. The van der Waals surface area contributed by atoms with Crippen LogP contribution in [0.3, 0.4) is 0 Å². The molecule has 3 fully saturated rings. The Balaban J connectivity index is 1.22. The highest BCUT2D eigenvalue weighted by molar-refractivity contribution is 5.80. The van der Waals surface area contributed by atoms with E-state index in [9.17, 15) is 4.39 Å². The number of aliphatic imine (C=N–C) groups is 1. The van der Waals surface area contributed by atoms with E-state index in [1.165, 1.54) is 19.0 Å². The fraction of sp³-hybridized carbons (Fsp3) is 0.682. The SMILES string of the molecule is CN=C(NCC1(c2cccc(F)c2)CC1)NC1CCN(CC2CCOC2)CC1. The number of likely N-dealkylation sites (tertiary alicyclic amines) is 1. The minimum absolute atomic E-state index is 0.0619. The quantitative estimate of drug-likeness (QED) is 0.581. The highest BCUT2D eigenvalue weighted by Crippen LogP contribution is 2.47. The summed E-state index contributed by atoms with van der Waals surface area (Å²) in [5.74, 6) is 1.43. The molecule has 154 valence electrons. The second kappa shape index (κ2) is 8.78. The number of halogens is 1. The van der Waals surface area contributed by atoms with Gasteiger partial charge in [-0.05, 0) is 55.7 Å². The average Bonchev–Trinajstić information content (AvgIpc) is 3.34. The van der Waals surface area contributed by atoms with Crippen LogP contribution in [0.15, 0.2) is 29.3 Å². The van der Waals surface area contributed by atoms with Crippen molar-refractivity contribution in [3.8, 4) is 0 Å². The summed E-state index contributed by atoms with van der Waals surface area (Å²) in [6, 6.07) is 7.50. The molecule has 6 heteroatoms. The van der Waals surface area contributed by atoms with E-state index < -0.39 is 0 Å². The zero-order valence-electron chi connectivity index (χ0n) is 16.9. The van der Waals surface area contributed by atoms with Crippen molar-refractivity contribution in [2.75, 3.05) is 46.4 Å². The lowest BCUT2D eigenvalue weighted by molar-refractivity contribution is 0.150. The molecule has 1 atom stereocenters. The van der Waals surface area contributed by atoms with Gasteiger partial charge in [0.15, 0.2) is 5.96 Å². The van der Waals surface area contributed by atoms with Gasteiger partial charge in [0.25, 0.3) is 0 Å². The van der Waals surface area contributed by atoms with Crippen molar-refractivity contribution in [1.29, 1.82) is 0 Å². The number of guanidine groups is 1. The van der Waals surface area contributed by atoms with E-state index in [1.54, 1.807) is 6.07 Å². The number of piperidine rings is 1. The molecule has 1 unspecified atom stereocenters. The summed E-state index contributed by atoms with van der Waals surface area (Å²) >= 11 is 0. The van der Waals surface area contributed by atoms with Gasteiger partial charge in [-0.15, -0.1) is 0 Å². The number of nitrogens with zero attached hydrogens (tertiary/aromatic N) is 2. The molecular formula is C22H33FN4O. The Hall–Kier alpha value is -1.66. The van der Waals surface area contributed by atoms with Crippen LogP contribution in [0, 0.1) is 11.7 Å². The van der Waals surface area contributed by atoms with Crippen LogP contribution in [-0.4, -0.2) is 63.3 Å². The van der Waals surface area contributed by atoms with Gasteiger partial charge < -0.3 is 20.3 Å². The summed E-state index contributed by atoms with van der Waals surface area (Å²) in [6.07, 6.45) is 5.70. The van der Waals surface area contributed by atoms with E-state index in [4.69, 9.17) is 4.74 Å². The fourth-order valence-electron chi connectivity index (χ4n) is 4.53. The first-order valence-electron chi connectivity index (χ1n) is 10.7. The van der Waals surface area contributed by atoms with Gasteiger partial charge in [-0.2, -0.15) is 0 Å². The molecule has 0 spiro atoms. The van der Waals surface area contributed by atoms with E-state index in [0.29, 0.717) is 6.04 Å². The maximum Gasteiger partial charge on any atom is 0.191 e. The summed E-state index contributed by atoms with van der Waals surface area (Å²) in [4.78, 5) is 7.00. The monoisotopic (exact) mass is 388 g/mol. The van der Waals surface area contributed by atoms with Crippen molar-refractivity contribution in [3.63, 3.8) is 0 Å². The molecule has 28 heavy (non-hydrogen) atoms. The van der Waals surface area contributed by atoms with Crippen LogP contribution in [0.1, 0.15) is 37.7 Å². The Labute approximate surface area is 167 Å².